The molecule has 1 aliphatic rings. The topological polar surface area (TPSA) is 76.8 Å². The molecule has 1 aliphatic heterocycles. The van der Waals surface area contributed by atoms with Crippen molar-refractivity contribution in [2.45, 2.75) is 19.0 Å². The molecule has 0 saturated carbocycles. The fourth-order valence-corrected chi connectivity index (χ4v) is 4.59. The van der Waals surface area contributed by atoms with Crippen LogP contribution in [0.5, 0.6) is 5.75 Å². The minimum atomic E-state index is -3.09. The Balaban J connectivity index is 1.85. The highest BCUT2D eigenvalue weighted by molar-refractivity contribution is 7.91. The van der Waals surface area contributed by atoms with E-state index in [1.807, 2.05) is 24.3 Å². The van der Waals surface area contributed by atoms with Crippen molar-refractivity contribution in [2.75, 3.05) is 18.6 Å². The summed E-state index contributed by atoms with van der Waals surface area (Å²) in [6.45, 7) is 0.323. The van der Waals surface area contributed by atoms with Gasteiger partial charge in [0, 0.05) is 12.6 Å². The molecule has 7 heteroatoms. The van der Waals surface area contributed by atoms with Crippen LogP contribution in [0.15, 0.2) is 47.1 Å². The highest BCUT2D eigenvalue weighted by Crippen LogP contribution is 2.23. The normalized spacial score (nSPS) is 19.1. The molecule has 1 amide bonds. The third-order valence-corrected chi connectivity index (χ3v) is 5.90. The maximum absolute atomic E-state index is 12.7. The van der Waals surface area contributed by atoms with Gasteiger partial charge in [-0.05, 0) is 36.2 Å². The van der Waals surface area contributed by atoms with Gasteiger partial charge in [0.15, 0.2) is 15.6 Å². The Hall–Kier alpha value is -2.28. The molecule has 2 heterocycles. The van der Waals surface area contributed by atoms with Gasteiger partial charge in [0.1, 0.15) is 5.75 Å². The zero-order chi connectivity index (χ0) is 17.2. The van der Waals surface area contributed by atoms with E-state index in [0.717, 1.165) is 11.3 Å². The van der Waals surface area contributed by atoms with Crippen molar-refractivity contribution >= 4 is 15.7 Å². The van der Waals surface area contributed by atoms with Crippen molar-refractivity contribution in [1.29, 1.82) is 0 Å². The summed E-state index contributed by atoms with van der Waals surface area (Å²) < 4.78 is 34.0. The number of nitrogens with zero attached hydrogens (tertiary/aromatic N) is 1. The summed E-state index contributed by atoms with van der Waals surface area (Å²) in [5.74, 6) is 0.759. The lowest BCUT2D eigenvalue weighted by Gasteiger charge is -2.27. The van der Waals surface area contributed by atoms with E-state index >= 15 is 0 Å². The number of ether oxygens (including phenoxy) is 1. The second kappa shape index (κ2) is 6.68. The first-order valence-electron chi connectivity index (χ1n) is 7.66. The Morgan fingerprint density at radius 3 is 2.58 bits per heavy atom. The molecular weight excluding hydrogens is 330 g/mol. The van der Waals surface area contributed by atoms with E-state index in [-0.39, 0.29) is 29.2 Å². The summed E-state index contributed by atoms with van der Waals surface area (Å²) in [5.41, 5.74) is 0.903. The number of hydrogen-bond acceptors (Lipinski definition) is 5. The van der Waals surface area contributed by atoms with Gasteiger partial charge in [-0.1, -0.05) is 12.1 Å². The van der Waals surface area contributed by atoms with E-state index in [9.17, 15) is 13.2 Å². The van der Waals surface area contributed by atoms with E-state index in [2.05, 4.69) is 0 Å². The minimum Gasteiger partial charge on any atom is -0.497 e. The van der Waals surface area contributed by atoms with Crippen LogP contribution in [-0.2, 0) is 16.4 Å². The standard InChI is InChI=1S/C17H19NO5S/c1-22-15-6-4-13(5-7-15)11-18(14-8-10-24(20,21)12-14)17(19)16-3-2-9-23-16/h2-7,9,14H,8,10-12H2,1H3/t14-/m0/s1. The first kappa shape index (κ1) is 16.6. The average Bonchev–Trinajstić information content (AvgIpc) is 3.22. The highest BCUT2D eigenvalue weighted by Gasteiger charge is 2.35. The molecule has 1 saturated heterocycles. The van der Waals surface area contributed by atoms with E-state index < -0.39 is 9.84 Å². The summed E-state index contributed by atoms with van der Waals surface area (Å²) >= 11 is 0. The molecule has 0 N–H and O–H groups in total. The fraction of sp³-hybridized carbons (Fsp3) is 0.353. The Morgan fingerprint density at radius 1 is 1.29 bits per heavy atom. The second-order valence-corrected chi connectivity index (χ2v) is 8.04. The zero-order valence-electron chi connectivity index (χ0n) is 13.3. The Bertz CT molecular complexity index is 796. The molecule has 0 aliphatic carbocycles. The largest absolute Gasteiger partial charge is 0.497 e. The highest BCUT2D eigenvalue weighted by atomic mass is 32.2. The summed E-state index contributed by atoms with van der Waals surface area (Å²) in [5, 5.41) is 0. The Morgan fingerprint density at radius 2 is 2.04 bits per heavy atom. The number of methoxy groups -OCH3 is 1. The van der Waals surface area contributed by atoms with Crippen molar-refractivity contribution in [3.8, 4) is 5.75 Å². The second-order valence-electron chi connectivity index (χ2n) is 5.82. The molecule has 0 unspecified atom stereocenters. The lowest BCUT2D eigenvalue weighted by molar-refractivity contribution is 0.0648. The number of amides is 1. The van der Waals surface area contributed by atoms with Crippen molar-refractivity contribution in [3.05, 3.63) is 54.0 Å². The third-order valence-electron chi connectivity index (χ3n) is 4.15. The van der Waals surface area contributed by atoms with Crippen LogP contribution in [0.1, 0.15) is 22.5 Å². The predicted octanol–water partition coefficient (Wildman–Crippen LogP) is 2.12. The number of rotatable bonds is 5. The van der Waals surface area contributed by atoms with Crippen molar-refractivity contribution in [1.82, 2.24) is 4.90 Å². The molecule has 1 aromatic heterocycles. The molecule has 6 nitrogen and oxygen atoms in total. The molecule has 2 aromatic rings. The molecule has 1 aromatic carbocycles. The molecular formula is C17H19NO5S. The third kappa shape index (κ3) is 3.62. The van der Waals surface area contributed by atoms with E-state index in [4.69, 9.17) is 9.15 Å². The molecule has 128 valence electrons. The van der Waals surface area contributed by atoms with E-state index in [0.29, 0.717) is 13.0 Å². The molecule has 1 atom stereocenters. The number of benzene rings is 1. The number of carbonyl (C=O) groups excluding carboxylic acids is 1. The lowest BCUT2D eigenvalue weighted by Crippen LogP contribution is -2.40. The van der Waals surface area contributed by atoms with Crippen LogP contribution in [0.4, 0.5) is 0 Å². The summed E-state index contributed by atoms with van der Waals surface area (Å²) in [6, 6.07) is 10.3. The number of hydrogen-bond donors (Lipinski definition) is 0. The van der Waals surface area contributed by atoms with Crippen LogP contribution in [0.25, 0.3) is 0 Å². The molecule has 0 radical (unpaired) electrons. The van der Waals surface area contributed by atoms with Gasteiger partial charge in [-0.3, -0.25) is 4.79 Å². The van der Waals surface area contributed by atoms with Crippen molar-refractivity contribution in [3.63, 3.8) is 0 Å². The SMILES string of the molecule is COc1ccc(CN(C(=O)c2ccco2)[C@H]2CCS(=O)(=O)C2)cc1. The number of carbonyl (C=O) groups is 1. The average molecular weight is 349 g/mol. The van der Waals surface area contributed by atoms with Gasteiger partial charge in [-0.2, -0.15) is 0 Å². The molecule has 0 spiro atoms. The van der Waals surface area contributed by atoms with Crippen LogP contribution in [0.3, 0.4) is 0 Å². The van der Waals surface area contributed by atoms with Crippen LogP contribution in [0.2, 0.25) is 0 Å². The van der Waals surface area contributed by atoms with Gasteiger partial charge in [-0.25, -0.2) is 8.42 Å². The fourth-order valence-electron chi connectivity index (χ4n) is 2.86. The van der Waals surface area contributed by atoms with Crippen LogP contribution >= 0.6 is 0 Å². The summed E-state index contributed by atoms with van der Waals surface area (Å²) in [4.78, 5) is 14.3. The van der Waals surface area contributed by atoms with E-state index in [1.165, 1.54) is 6.26 Å². The van der Waals surface area contributed by atoms with Crippen LogP contribution in [0, 0.1) is 0 Å². The molecule has 1 fully saturated rings. The quantitative estimate of drug-likeness (QED) is 0.826. The predicted molar refractivity (Wildman–Crippen MR) is 88.6 cm³/mol. The Kier molecular flexibility index (Phi) is 4.62. The number of sulfone groups is 1. The van der Waals surface area contributed by atoms with Gasteiger partial charge in [0.25, 0.3) is 5.91 Å². The number of furan rings is 1. The molecule has 0 bridgehead atoms. The first-order chi connectivity index (χ1) is 11.5. The first-order valence-corrected chi connectivity index (χ1v) is 9.48. The van der Waals surface area contributed by atoms with Crippen molar-refractivity contribution < 1.29 is 22.4 Å². The maximum Gasteiger partial charge on any atom is 0.290 e. The van der Waals surface area contributed by atoms with Crippen LogP contribution in [-0.4, -0.2) is 43.9 Å². The van der Waals surface area contributed by atoms with Gasteiger partial charge in [0.05, 0.1) is 24.9 Å². The molecule has 3 rings (SSSR count). The van der Waals surface area contributed by atoms with E-state index in [1.54, 1.807) is 24.1 Å². The maximum atomic E-state index is 12.7. The Labute approximate surface area is 140 Å². The minimum absolute atomic E-state index is 0.00436. The van der Waals surface area contributed by atoms with Crippen molar-refractivity contribution in [2.24, 2.45) is 0 Å². The zero-order valence-corrected chi connectivity index (χ0v) is 14.2. The van der Waals surface area contributed by atoms with Gasteiger partial charge < -0.3 is 14.1 Å². The molecule has 24 heavy (non-hydrogen) atoms. The van der Waals surface area contributed by atoms with Gasteiger partial charge in [-0.15, -0.1) is 0 Å². The van der Waals surface area contributed by atoms with Gasteiger partial charge >= 0.3 is 0 Å². The smallest absolute Gasteiger partial charge is 0.290 e. The summed E-state index contributed by atoms with van der Waals surface area (Å²) in [6.07, 6.45) is 1.88. The van der Waals surface area contributed by atoms with Crippen LogP contribution < -0.4 is 4.74 Å². The lowest BCUT2D eigenvalue weighted by atomic mass is 10.1. The monoisotopic (exact) mass is 349 g/mol. The summed E-state index contributed by atoms with van der Waals surface area (Å²) in [7, 11) is -1.50. The van der Waals surface area contributed by atoms with Gasteiger partial charge in [0.2, 0.25) is 0 Å².